The third-order valence-corrected chi connectivity index (χ3v) is 2.84. The summed E-state index contributed by atoms with van der Waals surface area (Å²) in [6.07, 6.45) is 0.915. The predicted octanol–water partition coefficient (Wildman–Crippen LogP) is 2.81. The van der Waals surface area contributed by atoms with E-state index in [2.05, 4.69) is 0 Å². The first-order chi connectivity index (χ1) is 9.85. The zero-order chi connectivity index (χ0) is 17.3. The SMILES string of the molecule is C/C=C1\C[C@@H](C(=O)OC(C)(C)C)N(C(=O)OC(C)(C)C)C1=O. The number of imide groups is 1. The van der Waals surface area contributed by atoms with E-state index in [1.807, 2.05) is 0 Å². The van der Waals surface area contributed by atoms with Crippen molar-refractivity contribution in [2.45, 2.75) is 72.1 Å². The molecule has 2 amide bonds. The summed E-state index contributed by atoms with van der Waals surface area (Å²) in [5.74, 6) is -1.11. The Hall–Kier alpha value is -1.85. The molecular weight excluding hydrogens is 286 g/mol. The fourth-order valence-electron chi connectivity index (χ4n) is 2.00. The first-order valence-corrected chi connectivity index (χ1v) is 7.30. The zero-order valence-electron chi connectivity index (χ0n) is 14.4. The van der Waals surface area contributed by atoms with Crippen molar-refractivity contribution in [2.24, 2.45) is 0 Å². The maximum atomic E-state index is 12.3. The molecule has 1 aliphatic rings. The molecule has 124 valence electrons. The van der Waals surface area contributed by atoms with Gasteiger partial charge in [-0.05, 0) is 48.5 Å². The Morgan fingerprint density at radius 1 is 1.09 bits per heavy atom. The van der Waals surface area contributed by atoms with Crippen LogP contribution >= 0.6 is 0 Å². The highest BCUT2D eigenvalue weighted by Crippen LogP contribution is 2.28. The Balaban J connectivity index is 3.05. The van der Waals surface area contributed by atoms with Crippen LogP contribution in [0.2, 0.25) is 0 Å². The topological polar surface area (TPSA) is 72.9 Å². The minimum atomic E-state index is -0.979. The van der Waals surface area contributed by atoms with E-state index >= 15 is 0 Å². The Labute approximate surface area is 131 Å². The Morgan fingerprint density at radius 3 is 2.00 bits per heavy atom. The Morgan fingerprint density at radius 2 is 1.59 bits per heavy atom. The lowest BCUT2D eigenvalue weighted by Crippen LogP contribution is -2.47. The molecule has 6 heteroatoms. The zero-order valence-corrected chi connectivity index (χ0v) is 14.4. The Bertz CT molecular complexity index is 508. The average Bonchev–Trinajstić information content (AvgIpc) is 2.61. The van der Waals surface area contributed by atoms with E-state index in [9.17, 15) is 14.4 Å². The summed E-state index contributed by atoms with van der Waals surface area (Å²) in [6, 6.07) is -0.979. The molecule has 1 atom stereocenters. The molecule has 0 radical (unpaired) electrons. The largest absolute Gasteiger partial charge is 0.458 e. The van der Waals surface area contributed by atoms with Crippen molar-refractivity contribution in [3.63, 3.8) is 0 Å². The van der Waals surface area contributed by atoms with Crippen LogP contribution in [0.4, 0.5) is 4.79 Å². The maximum Gasteiger partial charge on any atom is 0.418 e. The molecule has 0 saturated carbocycles. The molecule has 1 fully saturated rings. The van der Waals surface area contributed by atoms with Gasteiger partial charge < -0.3 is 9.47 Å². The van der Waals surface area contributed by atoms with E-state index in [1.165, 1.54) is 0 Å². The van der Waals surface area contributed by atoms with Gasteiger partial charge in [0.2, 0.25) is 0 Å². The first-order valence-electron chi connectivity index (χ1n) is 7.30. The van der Waals surface area contributed by atoms with E-state index in [4.69, 9.17) is 9.47 Å². The molecule has 0 bridgehead atoms. The summed E-state index contributed by atoms with van der Waals surface area (Å²) >= 11 is 0. The lowest BCUT2D eigenvalue weighted by molar-refractivity contribution is -0.161. The number of hydrogen-bond acceptors (Lipinski definition) is 5. The fourth-order valence-corrected chi connectivity index (χ4v) is 2.00. The van der Waals surface area contributed by atoms with Crippen LogP contribution in [0.25, 0.3) is 0 Å². The number of nitrogens with zero attached hydrogens (tertiary/aromatic N) is 1. The second-order valence-corrected chi connectivity index (χ2v) is 7.22. The van der Waals surface area contributed by atoms with Crippen molar-refractivity contribution in [1.82, 2.24) is 4.90 Å². The Kier molecular flexibility index (Phi) is 5.05. The monoisotopic (exact) mass is 311 g/mol. The molecule has 1 heterocycles. The van der Waals surface area contributed by atoms with Crippen molar-refractivity contribution < 1.29 is 23.9 Å². The summed E-state index contributed by atoms with van der Waals surface area (Å²) < 4.78 is 10.5. The molecule has 22 heavy (non-hydrogen) atoms. The first kappa shape index (κ1) is 18.2. The van der Waals surface area contributed by atoms with Gasteiger partial charge in [0.15, 0.2) is 0 Å². The van der Waals surface area contributed by atoms with Gasteiger partial charge in [-0.2, -0.15) is 0 Å². The van der Waals surface area contributed by atoms with Gasteiger partial charge in [0.1, 0.15) is 17.2 Å². The van der Waals surface area contributed by atoms with Crippen molar-refractivity contribution in [2.75, 3.05) is 0 Å². The lowest BCUT2D eigenvalue weighted by atomic mass is 10.1. The number of esters is 1. The van der Waals surface area contributed by atoms with Crippen LogP contribution in [0, 0.1) is 0 Å². The van der Waals surface area contributed by atoms with E-state index in [0.717, 1.165) is 4.90 Å². The second-order valence-electron chi connectivity index (χ2n) is 7.22. The normalized spacial score (nSPS) is 21.2. The summed E-state index contributed by atoms with van der Waals surface area (Å²) in [7, 11) is 0. The van der Waals surface area contributed by atoms with E-state index in [-0.39, 0.29) is 6.42 Å². The number of amides is 2. The van der Waals surface area contributed by atoms with E-state index < -0.39 is 35.2 Å². The molecule has 0 unspecified atom stereocenters. The van der Waals surface area contributed by atoms with Gasteiger partial charge >= 0.3 is 12.1 Å². The van der Waals surface area contributed by atoms with Gasteiger partial charge in [-0.25, -0.2) is 14.5 Å². The molecule has 0 spiro atoms. The number of allylic oxidation sites excluding steroid dienone is 1. The standard InChI is InChI=1S/C16H25NO5/c1-8-10-9-11(13(19)21-15(2,3)4)17(12(10)18)14(20)22-16(5,6)7/h8,11H,9H2,1-7H3/b10-8+/t11-/m0/s1. The summed E-state index contributed by atoms with van der Waals surface area (Å²) in [5.41, 5.74) is -1.05. The number of rotatable bonds is 1. The summed E-state index contributed by atoms with van der Waals surface area (Å²) in [4.78, 5) is 37.7. The van der Waals surface area contributed by atoms with Crippen LogP contribution in [-0.2, 0) is 19.1 Å². The fraction of sp³-hybridized carbons (Fsp3) is 0.688. The van der Waals surface area contributed by atoms with Crippen LogP contribution < -0.4 is 0 Å². The molecule has 6 nitrogen and oxygen atoms in total. The van der Waals surface area contributed by atoms with Crippen molar-refractivity contribution in [3.05, 3.63) is 11.6 Å². The van der Waals surface area contributed by atoms with Gasteiger partial charge in [-0.3, -0.25) is 4.79 Å². The minimum absolute atomic E-state index is 0.142. The van der Waals surface area contributed by atoms with Crippen LogP contribution in [-0.4, -0.2) is 40.1 Å². The van der Waals surface area contributed by atoms with Gasteiger partial charge in [-0.15, -0.1) is 0 Å². The minimum Gasteiger partial charge on any atom is -0.458 e. The smallest absolute Gasteiger partial charge is 0.418 e. The van der Waals surface area contributed by atoms with E-state index in [0.29, 0.717) is 5.57 Å². The van der Waals surface area contributed by atoms with Crippen LogP contribution in [0.5, 0.6) is 0 Å². The number of carbonyl (C=O) groups is 3. The average molecular weight is 311 g/mol. The number of likely N-dealkylation sites (tertiary alicyclic amines) is 1. The summed E-state index contributed by atoms with van der Waals surface area (Å²) in [5, 5.41) is 0. The van der Waals surface area contributed by atoms with Gasteiger partial charge in [0, 0.05) is 12.0 Å². The third kappa shape index (κ3) is 4.58. The molecule has 0 aromatic carbocycles. The third-order valence-electron chi connectivity index (χ3n) is 2.84. The van der Waals surface area contributed by atoms with Gasteiger partial charge in [0.05, 0.1) is 0 Å². The van der Waals surface area contributed by atoms with Crippen LogP contribution in [0.1, 0.15) is 54.9 Å². The molecule has 1 aliphatic heterocycles. The molecule has 0 aromatic heterocycles. The van der Waals surface area contributed by atoms with Crippen molar-refractivity contribution in [3.8, 4) is 0 Å². The molecule has 0 N–H and O–H groups in total. The van der Waals surface area contributed by atoms with Gasteiger partial charge in [-0.1, -0.05) is 6.08 Å². The number of carbonyl (C=O) groups excluding carboxylic acids is 3. The molecule has 0 aliphatic carbocycles. The quantitative estimate of drug-likeness (QED) is 0.550. The molecule has 1 rings (SSSR count). The predicted molar refractivity (Wildman–Crippen MR) is 81.1 cm³/mol. The summed E-state index contributed by atoms with van der Waals surface area (Å²) in [6.45, 7) is 12.0. The highest BCUT2D eigenvalue weighted by atomic mass is 16.6. The maximum absolute atomic E-state index is 12.3. The molecular formula is C16H25NO5. The van der Waals surface area contributed by atoms with Crippen molar-refractivity contribution >= 4 is 18.0 Å². The second kappa shape index (κ2) is 6.10. The highest BCUT2D eigenvalue weighted by molar-refractivity contribution is 6.08. The highest BCUT2D eigenvalue weighted by Gasteiger charge is 2.46. The molecule has 1 saturated heterocycles. The van der Waals surface area contributed by atoms with Crippen molar-refractivity contribution in [1.29, 1.82) is 0 Å². The lowest BCUT2D eigenvalue weighted by Gasteiger charge is -2.28. The number of hydrogen-bond donors (Lipinski definition) is 0. The van der Waals surface area contributed by atoms with Crippen LogP contribution in [0.3, 0.4) is 0 Å². The van der Waals surface area contributed by atoms with Gasteiger partial charge in [0.25, 0.3) is 5.91 Å². The number of ether oxygens (including phenoxy) is 2. The van der Waals surface area contributed by atoms with Crippen LogP contribution in [0.15, 0.2) is 11.6 Å². The van der Waals surface area contributed by atoms with E-state index in [1.54, 1.807) is 54.5 Å². The molecule has 0 aromatic rings.